The lowest BCUT2D eigenvalue weighted by molar-refractivity contribution is 0.0920. The summed E-state index contributed by atoms with van der Waals surface area (Å²) in [5, 5.41) is 10.5. The molecule has 0 saturated carbocycles. The van der Waals surface area contributed by atoms with Gasteiger partial charge in [0.05, 0.1) is 0 Å². The van der Waals surface area contributed by atoms with E-state index in [2.05, 4.69) is 25.7 Å². The second kappa shape index (κ2) is 7.71. The minimum Gasteiger partial charge on any atom is -0.345 e. The number of carbonyl (C=O) groups excluding carboxylic acids is 1. The van der Waals surface area contributed by atoms with E-state index in [-0.39, 0.29) is 42.6 Å². The summed E-state index contributed by atoms with van der Waals surface area (Å²) in [6.45, 7) is 5.63. The Labute approximate surface area is 141 Å². The molecule has 1 saturated heterocycles. The Morgan fingerprint density at radius 2 is 2.14 bits per heavy atom. The number of carbonyl (C=O) groups is 1. The van der Waals surface area contributed by atoms with Gasteiger partial charge in [-0.25, -0.2) is 9.50 Å². The molecule has 3 heterocycles. The number of rotatable bonds is 2. The van der Waals surface area contributed by atoms with Crippen LogP contribution in [-0.2, 0) is 0 Å². The van der Waals surface area contributed by atoms with E-state index in [1.807, 2.05) is 19.9 Å². The highest BCUT2D eigenvalue weighted by Gasteiger charge is 2.20. The number of amides is 1. The predicted molar refractivity (Wildman–Crippen MR) is 88.1 cm³/mol. The molecule has 1 atom stereocenters. The summed E-state index contributed by atoms with van der Waals surface area (Å²) in [4.78, 5) is 20.7. The zero-order valence-electron chi connectivity index (χ0n) is 12.5. The first-order chi connectivity index (χ1) is 9.63. The number of fused-ring (bicyclic) bond motifs is 1. The van der Waals surface area contributed by atoms with Crippen LogP contribution in [0.4, 0.5) is 0 Å². The Morgan fingerprint density at radius 3 is 2.82 bits per heavy atom. The van der Waals surface area contributed by atoms with Crippen LogP contribution in [0.3, 0.4) is 0 Å². The second-order valence-corrected chi connectivity index (χ2v) is 5.20. The van der Waals surface area contributed by atoms with Crippen molar-refractivity contribution in [2.24, 2.45) is 0 Å². The molecule has 0 bridgehead atoms. The highest BCUT2D eigenvalue weighted by molar-refractivity contribution is 5.91. The number of nitrogens with one attached hydrogen (secondary N) is 2. The van der Waals surface area contributed by atoms with E-state index in [0.717, 1.165) is 37.3 Å². The van der Waals surface area contributed by atoms with Crippen molar-refractivity contribution < 1.29 is 4.79 Å². The first-order valence-electron chi connectivity index (χ1n) is 6.86. The van der Waals surface area contributed by atoms with Gasteiger partial charge in [0, 0.05) is 24.0 Å². The molecule has 122 valence electrons. The van der Waals surface area contributed by atoms with Crippen LogP contribution in [0.1, 0.15) is 34.8 Å². The molecule has 1 fully saturated rings. The molecule has 9 heteroatoms. The van der Waals surface area contributed by atoms with Crippen LogP contribution in [0.25, 0.3) is 5.78 Å². The molecule has 0 aliphatic carbocycles. The maximum absolute atomic E-state index is 12.2. The summed E-state index contributed by atoms with van der Waals surface area (Å²) in [6, 6.07) is 2.06. The lowest BCUT2D eigenvalue weighted by Gasteiger charge is -2.23. The third-order valence-electron chi connectivity index (χ3n) is 3.45. The molecule has 1 aliphatic heterocycles. The average molecular weight is 347 g/mol. The monoisotopic (exact) mass is 346 g/mol. The molecule has 1 unspecified atom stereocenters. The number of aryl methyl sites for hydroxylation is 2. The molecule has 2 aromatic rings. The minimum absolute atomic E-state index is 0. The first-order valence-corrected chi connectivity index (χ1v) is 6.86. The molecule has 22 heavy (non-hydrogen) atoms. The zero-order chi connectivity index (χ0) is 14.1. The van der Waals surface area contributed by atoms with Crippen LogP contribution in [-0.4, -0.2) is 44.6 Å². The van der Waals surface area contributed by atoms with Gasteiger partial charge >= 0.3 is 0 Å². The number of hydrogen-bond donors (Lipinski definition) is 2. The van der Waals surface area contributed by atoms with Crippen LogP contribution < -0.4 is 10.6 Å². The zero-order valence-corrected chi connectivity index (χ0v) is 14.1. The second-order valence-electron chi connectivity index (χ2n) is 5.20. The summed E-state index contributed by atoms with van der Waals surface area (Å²) in [6.07, 6.45) is 2.06. The molecule has 0 aromatic carbocycles. The highest BCUT2D eigenvalue weighted by atomic mass is 35.5. The number of aromatic nitrogens is 4. The van der Waals surface area contributed by atoms with E-state index in [9.17, 15) is 4.79 Å². The number of nitrogens with zero attached hydrogens (tertiary/aromatic N) is 4. The summed E-state index contributed by atoms with van der Waals surface area (Å²) in [5.41, 5.74) is 1.78. The smallest absolute Gasteiger partial charge is 0.291 e. The third kappa shape index (κ3) is 3.85. The molecule has 2 aromatic heterocycles. The molecule has 0 radical (unpaired) electrons. The number of hydrogen-bond acceptors (Lipinski definition) is 5. The van der Waals surface area contributed by atoms with E-state index in [4.69, 9.17) is 0 Å². The fourth-order valence-corrected chi connectivity index (χ4v) is 2.49. The minimum atomic E-state index is -0.235. The largest absolute Gasteiger partial charge is 0.345 e. The van der Waals surface area contributed by atoms with Crippen LogP contribution in [0.5, 0.6) is 0 Å². The van der Waals surface area contributed by atoms with Gasteiger partial charge in [0.25, 0.3) is 11.7 Å². The van der Waals surface area contributed by atoms with Gasteiger partial charge in [0.15, 0.2) is 0 Å². The van der Waals surface area contributed by atoms with E-state index < -0.39 is 0 Å². The van der Waals surface area contributed by atoms with Gasteiger partial charge in [-0.2, -0.15) is 4.98 Å². The quantitative estimate of drug-likeness (QED) is 0.849. The van der Waals surface area contributed by atoms with Gasteiger partial charge in [0.1, 0.15) is 0 Å². The Hall–Kier alpha value is -1.44. The van der Waals surface area contributed by atoms with Crippen molar-refractivity contribution in [3.8, 4) is 0 Å². The fourth-order valence-electron chi connectivity index (χ4n) is 2.49. The van der Waals surface area contributed by atoms with E-state index in [1.54, 1.807) is 4.52 Å². The predicted octanol–water partition coefficient (Wildman–Crippen LogP) is 1.07. The van der Waals surface area contributed by atoms with Gasteiger partial charge in [-0.15, -0.1) is 29.9 Å². The first kappa shape index (κ1) is 18.6. The van der Waals surface area contributed by atoms with Crippen molar-refractivity contribution in [2.45, 2.75) is 32.7 Å². The van der Waals surface area contributed by atoms with Crippen LogP contribution in [0, 0.1) is 13.8 Å². The van der Waals surface area contributed by atoms with Gasteiger partial charge in [-0.3, -0.25) is 4.79 Å². The Morgan fingerprint density at radius 1 is 1.36 bits per heavy atom. The number of halogens is 2. The molecular weight excluding hydrogens is 327 g/mol. The van der Waals surface area contributed by atoms with Crippen molar-refractivity contribution in [3.63, 3.8) is 0 Å². The van der Waals surface area contributed by atoms with Crippen LogP contribution in [0.2, 0.25) is 0 Å². The molecule has 7 nitrogen and oxygen atoms in total. The maximum atomic E-state index is 12.2. The van der Waals surface area contributed by atoms with Crippen LogP contribution in [0.15, 0.2) is 6.07 Å². The van der Waals surface area contributed by atoms with Crippen LogP contribution >= 0.6 is 24.8 Å². The maximum Gasteiger partial charge on any atom is 0.291 e. The fraction of sp³-hybridized carbons (Fsp3) is 0.538. The molecular formula is C13H20Cl2N6O. The topological polar surface area (TPSA) is 84.2 Å². The van der Waals surface area contributed by atoms with Crippen molar-refractivity contribution in [1.29, 1.82) is 0 Å². The van der Waals surface area contributed by atoms with Gasteiger partial charge in [-0.05, 0) is 39.3 Å². The van der Waals surface area contributed by atoms with E-state index in [1.165, 1.54) is 0 Å². The van der Waals surface area contributed by atoms with Crippen molar-refractivity contribution in [1.82, 2.24) is 30.2 Å². The van der Waals surface area contributed by atoms with Gasteiger partial charge in [-0.1, -0.05) is 0 Å². The summed E-state index contributed by atoms with van der Waals surface area (Å²) < 4.78 is 1.60. The highest BCUT2D eigenvalue weighted by Crippen LogP contribution is 2.06. The lowest BCUT2D eigenvalue weighted by Crippen LogP contribution is -2.45. The standard InChI is InChI=1S/C13H18N6O.2ClH/c1-8-6-9(2)19-13(15-8)17-11(18-19)12(20)16-10-4-3-5-14-7-10;;/h6,10,14H,3-5,7H2,1-2H3,(H,16,20);2*1H. The average Bonchev–Trinajstić information content (AvgIpc) is 2.84. The normalized spacial score (nSPS) is 17.5. The lowest BCUT2D eigenvalue weighted by atomic mass is 10.1. The molecule has 2 N–H and O–H groups in total. The Kier molecular flexibility index (Phi) is 6.52. The summed E-state index contributed by atoms with van der Waals surface area (Å²) >= 11 is 0. The van der Waals surface area contributed by atoms with Gasteiger partial charge < -0.3 is 10.6 Å². The molecule has 3 rings (SSSR count). The third-order valence-corrected chi connectivity index (χ3v) is 3.45. The SMILES string of the molecule is Cc1cc(C)n2nc(C(=O)NC3CCCNC3)nc2n1.Cl.Cl. The molecule has 1 amide bonds. The van der Waals surface area contributed by atoms with Gasteiger partial charge in [0.2, 0.25) is 5.82 Å². The molecule has 0 spiro atoms. The Balaban J connectivity index is 0.00000121. The van der Waals surface area contributed by atoms with Crippen molar-refractivity contribution in [3.05, 3.63) is 23.3 Å². The molecule has 1 aliphatic rings. The number of piperidine rings is 1. The summed E-state index contributed by atoms with van der Waals surface area (Å²) in [5.74, 6) is 0.410. The van der Waals surface area contributed by atoms with Crippen molar-refractivity contribution in [2.75, 3.05) is 13.1 Å². The van der Waals surface area contributed by atoms with Crippen molar-refractivity contribution >= 4 is 36.5 Å². The Bertz CT molecular complexity index is 653. The van der Waals surface area contributed by atoms with E-state index in [0.29, 0.717) is 5.78 Å². The summed E-state index contributed by atoms with van der Waals surface area (Å²) in [7, 11) is 0. The van der Waals surface area contributed by atoms with E-state index >= 15 is 0 Å².